The summed E-state index contributed by atoms with van der Waals surface area (Å²) >= 11 is 6.15. The summed E-state index contributed by atoms with van der Waals surface area (Å²) in [7, 11) is -3.38. The molecule has 0 saturated carbocycles. The van der Waals surface area contributed by atoms with E-state index in [1.165, 1.54) is 6.55 Å². The van der Waals surface area contributed by atoms with Crippen molar-refractivity contribution in [2.75, 3.05) is 0 Å². The third-order valence-electron chi connectivity index (χ3n) is 3.09. The molecule has 0 N–H and O–H groups in total. The molecule has 0 fully saturated rings. The average molecular weight is 303 g/mol. The zero-order valence-corrected chi connectivity index (χ0v) is 12.0. The van der Waals surface area contributed by atoms with Crippen molar-refractivity contribution >= 4 is 23.6 Å². The molecular weight excluding hydrogens is 291 g/mol. The smallest absolute Gasteiger partial charge is 0.200 e. The van der Waals surface area contributed by atoms with Gasteiger partial charge in [0, 0.05) is 5.19 Å². The molecule has 0 radical (unpaired) electrons. The van der Waals surface area contributed by atoms with E-state index >= 15 is 0 Å². The SMILES string of the molecule is CC(C)(C)[Si](C)(Cl)c1c(F)c(F)c(F)c(F)c1F. The van der Waals surface area contributed by atoms with Crippen molar-refractivity contribution in [3.8, 4) is 0 Å². The van der Waals surface area contributed by atoms with Crippen LogP contribution in [0.3, 0.4) is 0 Å². The summed E-state index contributed by atoms with van der Waals surface area (Å²) in [5.74, 6) is -9.72. The van der Waals surface area contributed by atoms with Crippen LogP contribution >= 0.6 is 11.1 Å². The minimum absolute atomic E-state index is 0.771. The topological polar surface area (TPSA) is 0 Å². The van der Waals surface area contributed by atoms with Gasteiger partial charge in [0.2, 0.25) is 5.82 Å². The second kappa shape index (κ2) is 4.49. The summed E-state index contributed by atoms with van der Waals surface area (Å²) in [6, 6.07) is 0. The first-order valence-electron chi connectivity index (χ1n) is 5.13. The maximum absolute atomic E-state index is 13.7. The normalized spacial score (nSPS) is 15.7. The molecule has 0 bridgehead atoms. The minimum atomic E-state index is -3.38. The molecule has 102 valence electrons. The fourth-order valence-corrected chi connectivity index (χ4v) is 3.68. The van der Waals surface area contributed by atoms with Crippen LogP contribution in [0.2, 0.25) is 11.6 Å². The Hall–Kier alpha value is -0.623. The van der Waals surface area contributed by atoms with Crippen LogP contribution in [-0.4, -0.2) is 7.38 Å². The minimum Gasteiger partial charge on any atom is -0.204 e. The highest BCUT2D eigenvalue weighted by atomic mass is 35.6. The van der Waals surface area contributed by atoms with E-state index in [9.17, 15) is 22.0 Å². The van der Waals surface area contributed by atoms with Gasteiger partial charge in [-0.05, 0) is 5.04 Å². The van der Waals surface area contributed by atoms with Crippen molar-refractivity contribution in [2.24, 2.45) is 0 Å². The van der Waals surface area contributed by atoms with Crippen LogP contribution in [0.5, 0.6) is 0 Å². The second-order valence-electron chi connectivity index (χ2n) is 5.20. The van der Waals surface area contributed by atoms with E-state index in [1.54, 1.807) is 20.8 Å². The highest BCUT2D eigenvalue weighted by Crippen LogP contribution is 2.40. The quantitative estimate of drug-likeness (QED) is 0.240. The van der Waals surface area contributed by atoms with Gasteiger partial charge in [0.25, 0.3) is 0 Å². The lowest BCUT2D eigenvalue weighted by Gasteiger charge is -2.34. The van der Waals surface area contributed by atoms with Crippen molar-refractivity contribution in [3.63, 3.8) is 0 Å². The Labute approximate surface area is 107 Å². The molecule has 1 aromatic rings. The Kier molecular flexibility index (Phi) is 3.85. The molecule has 7 heteroatoms. The molecule has 1 aromatic carbocycles. The first-order chi connectivity index (χ1) is 7.93. The lowest BCUT2D eigenvalue weighted by Crippen LogP contribution is -2.51. The Morgan fingerprint density at radius 2 is 1.06 bits per heavy atom. The van der Waals surface area contributed by atoms with Crippen LogP contribution in [0.4, 0.5) is 22.0 Å². The zero-order chi connectivity index (χ0) is 14.5. The predicted octanol–water partition coefficient (Wildman–Crippen LogP) is 4.20. The number of benzene rings is 1. The maximum Gasteiger partial charge on any atom is 0.200 e. The van der Waals surface area contributed by atoms with Crippen LogP contribution in [-0.2, 0) is 0 Å². The van der Waals surface area contributed by atoms with Gasteiger partial charge in [0.05, 0.1) is 0 Å². The monoisotopic (exact) mass is 302 g/mol. The Morgan fingerprint density at radius 3 is 1.33 bits per heavy atom. The van der Waals surface area contributed by atoms with Gasteiger partial charge < -0.3 is 0 Å². The Balaban J connectivity index is 3.72. The van der Waals surface area contributed by atoms with Crippen LogP contribution in [0.1, 0.15) is 20.8 Å². The Morgan fingerprint density at radius 1 is 0.778 bits per heavy atom. The van der Waals surface area contributed by atoms with Gasteiger partial charge in [0.1, 0.15) is 0 Å². The number of hydrogen-bond acceptors (Lipinski definition) is 0. The highest BCUT2D eigenvalue weighted by Gasteiger charge is 2.46. The second-order valence-corrected chi connectivity index (χ2v) is 11.5. The molecular formula is C11H12ClF5Si. The van der Waals surface area contributed by atoms with Crippen molar-refractivity contribution in [2.45, 2.75) is 32.4 Å². The van der Waals surface area contributed by atoms with E-state index in [0.29, 0.717) is 0 Å². The van der Waals surface area contributed by atoms with Gasteiger partial charge >= 0.3 is 0 Å². The van der Waals surface area contributed by atoms with E-state index < -0.39 is 46.7 Å². The predicted molar refractivity (Wildman–Crippen MR) is 63.1 cm³/mol. The molecule has 1 unspecified atom stereocenters. The molecule has 0 aliphatic rings. The van der Waals surface area contributed by atoms with Gasteiger partial charge in [0.15, 0.2) is 30.7 Å². The standard InChI is InChI=1S/C11H12ClF5Si/c1-11(2,3)18(4,12)10-8(16)6(14)5(13)7(15)9(10)17/h1-4H3. The summed E-state index contributed by atoms with van der Waals surface area (Å²) in [6.45, 7) is 6.16. The molecule has 0 heterocycles. The fourth-order valence-electron chi connectivity index (χ4n) is 1.39. The van der Waals surface area contributed by atoms with Gasteiger partial charge in [-0.3, -0.25) is 0 Å². The lowest BCUT2D eigenvalue weighted by molar-refractivity contribution is 0.383. The highest BCUT2D eigenvalue weighted by molar-refractivity contribution is 7.28. The van der Waals surface area contributed by atoms with E-state index in [-0.39, 0.29) is 0 Å². The largest absolute Gasteiger partial charge is 0.204 e. The van der Waals surface area contributed by atoms with Crippen molar-refractivity contribution in [3.05, 3.63) is 29.1 Å². The van der Waals surface area contributed by atoms with Gasteiger partial charge in [-0.25, -0.2) is 22.0 Å². The maximum atomic E-state index is 13.7. The lowest BCUT2D eigenvalue weighted by atomic mass is 10.2. The summed E-state index contributed by atoms with van der Waals surface area (Å²) in [5, 5.41) is -1.64. The van der Waals surface area contributed by atoms with Gasteiger partial charge in [-0.1, -0.05) is 27.3 Å². The molecule has 0 aliphatic heterocycles. The summed E-state index contributed by atoms with van der Waals surface area (Å²) < 4.78 is 66.5. The molecule has 0 aliphatic carbocycles. The zero-order valence-electron chi connectivity index (χ0n) is 10.3. The van der Waals surface area contributed by atoms with Crippen LogP contribution in [0, 0.1) is 29.1 Å². The third kappa shape index (κ3) is 2.16. The van der Waals surface area contributed by atoms with Crippen LogP contribution in [0.25, 0.3) is 0 Å². The summed E-state index contributed by atoms with van der Waals surface area (Å²) in [4.78, 5) is 0. The summed E-state index contributed by atoms with van der Waals surface area (Å²) in [6.07, 6.45) is 0. The van der Waals surface area contributed by atoms with Crippen molar-refractivity contribution < 1.29 is 22.0 Å². The molecule has 18 heavy (non-hydrogen) atoms. The average Bonchev–Trinajstić information content (AvgIpc) is 2.22. The molecule has 0 nitrogen and oxygen atoms in total. The molecule has 0 spiro atoms. The van der Waals surface area contributed by atoms with Gasteiger partial charge in [-0.2, -0.15) is 11.1 Å². The molecule has 1 rings (SSSR count). The number of halogens is 6. The third-order valence-corrected chi connectivity index (χ3v) is 9.55. The number of rotatable bonds is 1. The molecule has 0 aromatic heterocycles. The Bertz CT molecular complexity index is 464. The number of hydrogen-bond donors (Lipinski definition) is 0. The van der Waals surface area contributed by atoms with E-state index in [2.05, 4.69) is 0 Å². The van der Waals surface area contributed by atoms with E-state index in [4.69, 9.17) is 11.1 Å². The van der Waals surface area contributed by atoms with Gasteiger partial charge in [-0.15, -0.1) is 0 Å². The first-order valence-corrected chi connectivity index (χ1v) is 8.65. The fraction of sp³-hybridized carbons (Fsp3) is 0.455. The molecule has 0 amide bonds. The molecule has 0 saturated heterocycles. The van der Waals surface area contributed by atoms with Crippen molar-refractivity contribution in [1.82, 2.24) is 0 Å². The molecule has 1 atom stereocenters. The van der Waals surface area contributed by atoms with E-state index in [0.717, 1.165) is 0 Å². The van der Waals surface area contributed by atoms with Crippen LogP contribution in [0.15, 0.2) is 0 Å². The first kappa shape index (κ1) is 15.4. The van der Waals surface area contributed by atoms with Crippen LogP contribution < -0.4 is 5.19 Å². The summed E-state index contributed by atoms with van der Waals surface area (Å²) in [5.41, 5.74) is 0. The van der Waals surface area contributed by atoms with E-state index in [1.807, 2.05) is 0 Å². The van der Waals surface area contributed by atoms with Crippen molar-refractivity contribution in [1.29, 1.82) is 0 Å².